The summed E-state index contributed by atoms with van der Waals surface area (Å²) in [6.07, 6.45) is 4.37. The Morgan fingerprint density at radius 3 is 2.44 bits per heavy atom. The quantitative estimate of drug-likeness (QED) is 0.231. The number of carbonyl (C=O) groups excluding carboxylic acids is 2. The molecule has 4 rings (SSSR count). The lowest BCUT2D eigenvalue weighted by Crippen LogP contribution is -2.41. The maximum Gasteiger partial charge on any atom is 0.407 e. The molecule has 1 unspecified atom stereocenters. The number of nitrogens with zero attached hydrogens (tertiary/aromatic N) is 3. The Labute approximate surface area is 237 Å². The molecular weight excluding hydrogens is 529 g/mol. The highest BCUT2D eigenvalue weighted by molar-refractivity contribution is 5.73. The van der Waals surface area contributed by atoms with Crippen LogP contribution in [0.15, 0.2) is 67.1 Å². The molecule has 0 fully saturated rings. The molecule has 10 nitrogen and oxygen atoms in total. The van der Waals surface area contributed by atoms with E-state index in [-0.39, 0.29) is 25.3 Å². The van der Waals surface area contributed by atoms with Crippen molar-refractivity contribution in [2.45, 2.75) is 52.2 Å². The highest BCUT2D eigenvalue weighted by Crippen LogP contribution is 2.28. The molecule has 0 saturated carbocycles. The van der Waals surface area contributed by atoms with Gasteiger partial charge in [0.15, 0.2) is 5.82 Å². The van der Waals surface area contributed by atoms with E-state index >= 15 is 0 Å². The molecule has 0 aliphatic heterocycles. The fourth-order valence-corrected chi connectivity index (χ4v) is 3.98. The number of benzene rings is 1. The van der Waals surface area contributed by atoms with Gasteiger partial charge in [-0.3, -0.25) is 14.9 Å². The lowest BCUT2D eigenvalue weighted by molar-refractivity contribution is -0.143. The van der Waals surface area contributed by atoms with Gasteiger partial charge in [0, 0.05) is 42.3 Å². The van der Waals surface area contributed by atoms with Crippen LogP contribution in [-0.2, 0) is 20.7 Å². The van der Waals surface area contributed by atoms with Crippen LogP contribution in [0, 0.1) is 5.82 Å². The number of ether oxygens (including phenoxy) is 3. The molecule has 0 radical (unpaired) electrons. The summed E-state index contributed by atoms with van der Waals surface area (Å²) >= 11 is 0. The number of halogens is 1. The average Bonchev–Trinajstić information content (AvgIpc) is 3.45. The van der Waals surface area contributed by atoms with Gasteiger partial charge in [-0.25, -0.2) is 14.2 Å². The molecule has 0 aliphatic carbocycles. The van der Waals surface area contributed by atoms with Crippen LogP contribution in [0.4, 0.5) is 9.18 Å². The fraction of sp³-hybridized carbons (Fsp3) is 0.300. The number of aromatic nitrogens is 4. The smallest absolute Gasteiger partial charge is 0.407 e. The predicted molar refractivity (Wildman–Crippen MR) is 150 cm³/mol. The van der Waals surface area contributed by atoms with E-state index < -0.39 is 29.5 Å². The van der Waals surface area contributed by atoms with E-state index in [0.29, 0.717) is 22.7 Å². The molecule has 4 aromatic rings. The molecular formula is C30H32FN5O5. The minimum absolute atomic E-state index is 0.0293. The van der Waals surface area contributed by atoms with Crippen LogP contribution in [0.2, 0.25) is 0 Å². The Balaban J connectivity index is 1.45. The van der Waals surface area contributed by atoms with Gasteiger partial charge < -0.3 is 19.5 Å². The van der Waals surface area contributed by atoms with Crippen molar-refractivity contribution < 1.29 is 28.2 Å². The first-order valence-corrected chi connectivity index (χ1v) is 13.1. The predicted octanol–water partition coefficient (Wildman–Crippen LogP) is 5.85. The first kappa shape index (κ1) is 29.2. The summed E-state index contributed by atoms with van der Waals surface area (Å²) in [6.45, 7) is 7.25. The normalized spacial score (nSPS) is 11.9. The summed E-state index contributed by atoms with van der Waals surface area (Å²) in [6, 6.07) is 13.3. The summed E-state index contributed by atoms with van der Waals surface area (Å²) in [4.78, 5) is 33.1. The number of alkyl carbamates (subject to hydrolysis) is 1. The summed E-state index contributed by atoms with van der Waals surface area (Å²) < 4.78 is 30.7. The van der Waals surface area contributed by atoms with E-state index in [0.717, 1.165) is 11.1 Å². The van der Waals surface area contributed by atoms with Crippen molar-refractivity contribution in [2.24, 2.45) is 0 Å². The standard InChI is InChI=1S/C30H32FN5O5/c1-5-39-27(37)17-23(35-29(38)41-30(2,3)4)16-22-14-20(10-12-32-22)19-6-8-24(9-7-19)40-28-25(31)15-21(18-33-28)26-11-13-34-36-26/h6-15,18,23H,5,16-17H2,1-4H3,(H,34,36)(H,35,38). The van der Waals surface area contributed by atoms with Crippen molar-refractivity contribution in [2.75, 3.05) is 6.61 Å². The van der Waals surface area contributed by atoms with Gasteiger partial charge in [0.25, 0.3) is 5.88 Å². The maximum atomic E-state index is 14.6. The molecule has 0 aliphatic rings. The van der Waals surface area contributed by atoms with E-state index in [9.17, 15) is 14.0 Å². The van der Waals surface area contributed by atoms with E-state index in [1.807, 2.05) is 24.3 Å². The third-order valence-electron chi connectivity index (χ3n) is 5.73. The number of rotatable bonds is 10. The zero-order chi connectivity index (χ0) is 29.4. The Hall–Kier alpha value is -4.80. The molecule has 0 saturated heterocycles. The second kappa shape index (κ2) is 13.0. The van der Waals surface area contributed by atoms with Crippen LogP contribution in [0.5, 0.6) is 11.6 Å². The molecule has 1 amide bonds. The topological polar surface area (TPSA) is 128 Å². The molecule has 3 aromatic heterocycles. The van der Waals surface area contributed by atoms with Crippen molar-refractivity contribution >= 4 is 12.1 Å². The van der Waals surface area contributed by atoms with Gasteiger partial charge in [-0.15, -0.1) is 0 Å². The molecule has 11 heteroatoms. The van der Waals surface area contributed by atoms with E-state index in [4.69, 9.17) is 14.2 Å². The number of carbonyl (C=O) groups is 2. The number of amides is 1. The second-order valence-corrected chi connectivity index (χ2v) is 10.2. The van der Waals surface area contributed by atoms with Gasteiger partial charge in [-0.2, -0.15) is 5.10 Å². The highest BCUT2D eigenvalue weighted by atomic mass is 19.1. The third kappa shape index (κ3) is 8.59. The molecule has 41 heavy (non-hydrogen) atoms. The average molecular weight is 562 g/mol. The van der Waals surface area contributed by atoms with Crippen LogP contribution in [-0.4, -0.2) is 50.5 Å². The molecule has 1 atom stereocenters. The number of aromatic amines is 1. The summed E-state index contributed by atoms with van der Waals surface area (Å²) in [5.41, 5.74) is 2.92. The summed E-state index contributed by atoms with van der Waals surface area (Å²) in [7, 11) is 0. The van der Waals surface area contributed by atoms with E-state index in [2.05, 4.69) is 25.5 Å². The van der Waals surface area contributed by atoms with E-state index in [1.165, 1.54) is 12.3 Å². The van der Waals surface area contributed by atoms with Gasteiger partial charge in [0.1, 0.15) is 11.4 Å². The highest BCUT2D eigenvalue weighted by Gasteiger charge is 2.23. The van der Waals surface area contributed by atoms with Crippen LogP contribution in [0.3, 0.4) is 0 Å². The fourth-order valence-electron chi connectivity index (χ4n) is 3.98. The number of pyridine rings is 2. The van der Waals surface area contributed by atoms with Crippen molar-refractivity contribution in [3.05, 3.63) is 78.6 Å². The number of esters is 1. The molecule has 0 bridgehead atoms. The second-order valence-electron chi connectivity index (χ2n) is 10.2. The number of nitrogens with one attached hydrogen (secondary N) is 2. The largest absolute Gasteiger partial charge is 0.466 e. The Morgan fingerprint density at radius 1 is 1.00 bits per heavy atom. The van der Waals surface area contributed by atoms with Crippen molar-refractivity contribution in [1.29, 1.82) is 0 Å². The molecule has 214 valence electrons. The third-order valence-corrected chi connectivity index (χ3v) is 5.73. The van der Waals surface area contributed by atoms with Crippen molar-refractivity contribution in [1.82, 2.24) is 25.5 Å². The minimum atomic E-state index is -0.682. The Kier molecular flexibility index (Phi) is 9.28. The van der Waals surface area contributed by atoms with Gasteiger partial charge in [-0.05, 0) is 75.2 Å². The zero-order valence-electron chi connectivity index (χ0n) is 23.3. The lowest BCUT2D eigenvalue weighted by atomic mass is 10.0. The number of hydrogen-bond donors (Lipinski definition) is 2. The zero-order valence-corrected chi connectivity index (χ0v) is 23.3. The number of H-pyrrole nitrogens is 1. The SMILES string of the molecule is CCOC(=O)CC(Cc1cc(-c2ccc(Oc3ncc(-c4ccn[nH]4)cc3F)cc2)ccn1)NC(=O)OC(C)(C)C. The van der Waals surface area contributed by atoms with Crippen LogP contribution in [0.25, 0.3) is 22.4 Å². The molecule has 0 spiro atoms. The Bertz CT molecular complexity index is 1470. The molecule has 1 aromatic carbocycles. The van der Waals surface area contributed by atoms with Crippen molar-refractivity contribution in [3.8, 4) is 34.0 Å². The Morgan fingerprint density at radius 2 is 1.78 bits per heavy atom. The van der Waals surface area contributed by atoms with Gasteiger partial charge in [-0.1, -0.05) is 12.1 Å². The summed E-state index contributed by atoms with van der Waals surface area (Å²) in [5.74, 6) is -0.753. The monoisotopic (exact) mass is 561 g/mol. The minimum Gasteiger partial charge on any atom is -0.466 e. The van der Waals surface area contributed by atoms with Gasteiger partial charge >= 0.3 is 12.1 Å². The first-order valence-electron chi connectivity index (χ1n) is 13.1. The van der Waals surface area contributed by atoms with Gasteiger partial charge in [0.05, 0.1) is 18.7 Å². The first-order chi connectivity index (χ1) is 19.6. The van der Waals surface area contributed by atoms with Gasteiger partial charge in [0.2, 0.25) is 0 Å². The molecule has 3 heterocycles. The maximum absolute atomic E-state index is 14.6. The number of hydrogen-bond acceptors (Lipinski definition) is 8. The van der Waals surface area contributed by atoms with Crippen LogP contribution in [0.1, 0.15) is 39.8 Å². The molecule has 2 N–H and O–H groups in total. The van der Waals surface area contributed by atoms with E-state index in [1.54, 1.807) is 58.3 Å². The van der Waals surface area contributed by atoms with Crippen LogP contribution >= 0.6 is 0 Å². The summed E-state index contributed by atoms with van der Waals surface area (Å²) in [5, 5.41) is 9.39. The lowest BCUT2D eigenvalue weighted by Gasteiger charge is -2.23. The van der Waals surface area contributed by atoms with Crippen molar-refractivity contribution in [3.63, 3.8) is 0 Å². The van der Waals surface area contributed by atoms with Crippen LogP contribution < -0.4 is 10.1 Å².